The van der Waals surface area contributed by atoms with E-state index in [1.54, 1.807) is 18.3 Å². The summed E-state index contributed by atoms with van der Waals surface area (Å²) < 4.78 is 44.1. The molecular weight excluding hydrogens is 483 g/mol. The van der Waals surface area contributed by atoms with E-state index < -0.39 is 29.3 Å². The maximum Gasteiger partial charge on any atom is 0.417 e. The van der Waals surface area contributed by atoms with Crippen LogP contribution in [-0.4, -0.2) is 33.4 Å². The number of aromatic nitrogens is 2. The number of carbonyl (C=O) groups excluding carboxylic acids is 1. The van der Waals surface area contributed by atoms with Gasteiger partial charge in [-0.05, 0) is 63.4 Å². The van der Waals surface area contributed by atoms with E-state index in [-0.39, 0.29) is 17.6 Å². The molecule has 37 heavy (non-hydrogen) atoms. The van der Waals surface area contributed by atoms with Crippen molar-refractivity contribution in [1.82, 2.24) is 15.3 Å². The molecule has 1 amide bonds. The number of aryl methyl sites for hydroxylation is 1. The molecule has 0 spiro atoms. The summed E-state index contributed by atoms with van der Waals surface area (Å²) in [6.45, 7) is 6.83. The predicted molar refractivity (Wildman–Crippen MR) is 134 cm³/mol. The summed E-state index contributed by atoms with van der Waals surface area (Å²) in [4.78, 5) is 21.4. The molecule has 3 aromatic rings. The molecule has 0 saturated carbocycles. The minimum Gasteiger partial charge on any atom is -0.462 e. The highest BCUT2D eigenvalue weighted by Gasteiger charge is 2.35. The van der Waals surface area contributed by atoms with E-state index in [9.17, 15) is 18.0 Å². The molecule has 0 radical (unpaired) electrons. The lowest BCUT2D eigenvalue weighted by Gasteiger charge is -2.30. The van der Waals surface area contributed by atoms with Crippen LogP contribution in [0.5, 0.6) is 5.88 Å². The van der Waals surface area contributed by atoms with Gasteiger partial charge in [0.05, 0.1) is 5.56 Å². The first-order chi connectivity index (χ1) is 17.3. The van der Waals surface area contributed by atoms with Crippen molar-refractivity contribution in [2.75, 3.05) is 0 Å². The van der Waals surface area contributed by atoms with Gasteiger partial charge in [0, 0.05) is 41.7 Å². The van der Waals surface area contributed by atoms with E-state index in [1.165, 1.54) is 13.8 Å². The van der Waals surface area contributed by atoms with Crippen LogP contribution >= 0.6 is 0 Å². The molecule has 3 rings (SSSR count). The molecule has 2 unspecified atom stereocenters. The molecule has 7 nitrogen and oxygen atoms in total. The monoisotopic (exact) mass is 513 g/mol. The largest absolute Gasteiger partial charge is 0.462 e. The van der Waals surface area contributed by atoms with Crippen LogP contribution in [0.15, 0.2) is 60.9 Å². The van der Waals surface area contributed by atoms with Crippen molar-refractivity contribution >= 4 is 11.7 Å². The highest BCUT2D eigenvalue weighted by molar-refractivity contribution is 5.95. The third-order valence-corrected chi connectivity index (χ3v) is 5.96. The number of alkyl halides is 3. The lowest BCUT2D eigenvalue weighted by molar-refractivity contribution is -0.138. The second kappa shape index (κ2) is 11.0. The van der Waals surface area contributed by atoms with E-state index in [1.807, 2.05) is 38.1 Å². The Morgan fingerprint density at radius 2 is 1.84 bits per heavy atom. The number of ether oxygens (including phenoxy) is 1. The minimum atomic E-state index is -4.52. The lowest BCUT2D eigenvalue weighted by atomic mass is 9.86. The Balaban J connectivity index is 1.81. The average Bonchev–Trinajstić information content (AvgIpc) is 2.83. The molecule has 0 bridgehead atoms. The Morgan fingerprint density at radius 3 is 2.41 bits per heavy atom. The van der Waals surface area contributed by atoms with E-state index in [4.69, 9.17) is 15.9 Å². The second-order valence-electron chi connectivity index (χ2n) is 9.43. The minimum absolute atomic E-state index is 0.0654. The van der Waals surface area contributed by atoms with Crippen molar-refractivity contribution in [2.24, 2.45) is 5.73 Å². The molecule has 2 heterocycles. The topological polar surface area (TPSA) is 114 Å². The number of nitrogens with zero attached hydrogens (tertiary/aromatic N) is 2. The summed E-state index contributed by atoms with van der Waals surface area (Å²) in [6, 6.07) is 12.7. The first-order valence-electron chi connectivity index (χ1n) is 11.7. The van der Waals surface area contributed by atoms with Crippen LogP contribution in [0.4, 0.5) is 13.2 Å². The highest BCUT2D eigenvalue weighted by Crippen LogP contribution is 2.30. The van der Waals surface area contributed by atoms with Crippen LogP contribution in [0.2, 0.25) is 0 Å². The number of rotatable bonds is 9. The van der Waals surface area contributed by atoms with E-state index in [2.05, 4.69) is 15.3 Å². The van der Waals surface area contributed by atoms with Gasteiger partial charge in [0.1, 0.15) is 5.84 Å². The molecule has 0 aliphatic carbocycles. The second-order valence-corrected chi connectivity index (χ2v) is 9.43. The fourth-order valence-electron chi connectivity index (χ4n) is 3.76. The standard InChI is InChI=1S/C27H30F3N5O2/c1-16-8-10-21(33-14-16)13-22(18-6-5-7-19(12-18)24(31)32)17(2)35-25(36)26(3,4)37-23-11-9-20(15-34-23)27(28,29)30/h5-12,14-15,17,22H,13H2,1-4H3,(H3,31,32)(H,35,36). The van der Waals surface area contributed by atoms with Gasteiger partial charge in [-0.3, -0.25) is 15.2 Å². The average molecular weight is 514 g/mol. The summed E-state index contributed by atoms with van der Waals surface area (Å²) >= 11 is 0. The fraction of sp³-hybridized carbons (Fsp3) is 0.333. The van der Waals surface area contributed by atoms with Crippen LogP contribution in [0.25, 0.3) is 0 Å². The molecular formula is C27H30F3N5O2. The van der Waals surface area contributed by atoms with Crippen molar-refractivity contribution in [3.63, 3.8) is 0 Å². The molecule has 0 aliphatic rings. The van der Waals surface area contributed by atoms with Crippen molar-refractivity contribution in [2.45, 2.75) is 57.9 Å². The number of carbonyl (C=O) groups is 1. The smallest absolute Gasteiger partial charge is 0.417 e. The molecule has 2 atom stereocenters. The zero-order valence-corrected chi connectivity index (χ0v) is 21.1. The van der Waals surface area contributed by atoms with Gasteiger partial charge in [-0.25, -0.2) is 4.98 Å². The zero-order chi connectivity index (χ0) is 27.4. The van der Waals surface area contributed by atoms with Crippen LogP contribution in [0.1, 0.15) is 54.6 Å². The first kappa shape index (κ1) is 27.6. The molecule has 2 aromatic heterocycles. The van der Waals surface area contributed by atoms with Crippen molar-refractivity contribution in [1.29, 1.82) is 5.41 Å². The Bertz CT molecular complexity index is 1240. The molecule has 0 aliphatic heterocycles. The van der Waals surface area contributed by atoms with Gasteiger partial charge >= 0.3 is 6.18 Å². The predicted octanol–water partition coefficient (Wildman–Crippen LogP) is 4.78. The normalized spacial score (nSPS) is 13.5. The van der Waals surface area contributed by atoms with E-state index >= 15 is 0 Å². The number of nitrogens with two attached hydrogens (primary N) is 1. The SMILES string of the molecule is Cc1ccc(CC(c2cccc(C(=N)N)c2)C(C)NC(=O)C(C)(C)Oc2ccc(C(F)(F)F)cn2)nc1. The lowest BCUT2D eigenvalue weighted by Crippen LogP contribution is -2.51. The van der Waals surface area contributed by atoms with Gasteiger partial charge in [0.15, 0.2) is 5.60 Å². The van der Waals surface area contributed by atoms with Gasteiger partial charge in [-0.2, -0.15) is 13.2 Å². The van der Waals surface area contributed by atoms with Gasteiger partial charge in [-0.15, -0.1) is 0 Å². The number of nitrogens with one attached hydrogen (secondary N) is 2. The van der Waals surface area contributed by atoms with Crippen molar-refractivity contribution < 1.29 is 22.7 Å². The van der Waals surface area contributed by atoms with Crippen LogP contribution < -0.4 is 15.8 Å². The first-order valence-corrected chi connectivity index (χ1v) is 11.7. The Hall–Kier alpha value is -3.95. The maximum atomic E-state index is 13.2. The van der Waals surface area contributed by atoms with Crippen molar-refractivity contribution in [3.8, 4) is 5.88 Å². The summed E-state index contributed by atoms with van der Waals surface area (Å²) in [7, 11) is 0. The third-order valence-electron chi connectivity index (χ3n) is 5.96. The molecule has 0 saturated heterocycles. The molecule has 1 aromatic carbocycles. The number of hydrogen-bond donors (Lipinski definition) is 3. The number of pyridine rings is 2. The van der Waals surface area contributed by atoms with Gasteiger partial charge in [0.25, 0.3) is 5.91 Å². The Labute approximate surface area is 213 Å². The van der Waals surface area contributed by atoms with Crippen LogP contribution in [0.3, 0.4) is 0 Å². The van der Waals surface area contributed by atoms with E-state index in [0.29, 0.717) is 18.2 Å². The van der Waals surface area contributed by atoms with Gasteiger partial charge < -0.3 is 15.8 Å². The van der Waals surface area contributed by atoms with Crippen molar-refractivity contribution in [3.05, 3.63) is 88.9 Å². The number of amidine groups is 1. The number of nitrogen functional groups attached to an aromatic ring is 1. The van der Waals surface area contributed by atoms with Crippen LogP contribution in [0, 0.1) is 12.3 Å². The zero-order valence-electron chi connectivity index (χ0n) is 21.1. The third kappa shape index (κ3) is 7.28. The summed E-state index contributed by atoms with van der Waals surface area (Å²) in [5.41, 5.74) is 6.64. The summed E-state index contributed by atoms with van der Waals surface area (Å²) in [5, 5.41) is 10.8. The highest BCUT2D eigenvalue weighted by atomic mass is 19.4. The summed E-state index contributed by atoms with van der Waals surface area (Å²) in [6.07, 6.45) is -1.58. The molecule has 0 fully saturated rings. The number of hydrogen-bond acceptors (Lipinski definition) is 5. The summed E-state index contributed by atoms with van der Waals surface area (Å²) in [5.74, 6) is -0.857. The Kier molecular flexibility index (Phi) is 8.20. The quantitative estimate of drug-likeness (QED) is 0.282. The van der Waals surface area contributed by atoms with Gasteiger partial charge in [-0.1, -0.05) is 24.3 Å². The number of benzene rings is 1. The molecule has 196 valence electrons. The van der Waals surface area contributed by atoms with E-state index in [0.717, 1.165) is 29.0 Å². The van der Waals surface area contributed by atoms with Gasteiger partial charge in [0.2, 0.25) is 5.88 Å². The Morgan fingerprint density at radius 1 is 1.11 bits per heavy atom. The van der Waals surface area contributed by atoms with Crippen LogP contribution in [-0.2, 0) is 17.4 Å². The number of halogens is 3. The fourth-order valence-corrected chi connectivity index (χ4v) is 3.76. The maximum absolute atomic E-state index is 13.2. The molecule has 10 heteroatoms. The molecule has 4 N–H and O–H groups in total. The number of amides is 1.